The molecule has 7 heteroatoms. The predicted molar refractivity (Wildman–Crippen MR) is 73.1 cm³/mol. The molecule has 1 fully saturated rings. The van der Waals surface area contributed by atoms with Gasteiger partial charge in [-0.1, -0.05) is 12.1 Å². The van der Waals surface area contributed by atoms with Gasteiger partial charge in [0.1, 0.15) is 5.75 Å². The summed E-state index contributed by atoms with van der Waals surface area (Å²) in [6, 6.07) is 6.50. The topological polar surface area (TPSA) is 24.5 Å². The van der Waals surface area contributed by atoms with Gasteiger partial charge >= 0.3 is 6.36 Å². The molecule has 1 atom stereocenters. The number of benzene rings is 1. The third-order valence-electron chi connectivity index (χ3n) is 3.18. The minimum Gasteiger partial charge on any atom is -0.406 e. The largest absolute Gasteiger partial charge is 0.573 e. The zero-order chi connectivity index (χ0) is 13.9. The Labute approximate surface area is 122 Å². The maximum absolute atomic E-state index is 12.0. The lowest BCUT2D eigenvalue weighted by atomic mass is 10.1. The van der Waals surface area contributed by atoms with Crippen LogP contribution in [0.25, 0.3) is 0 Å². The number of nitrogens with one attached hydrogen (secondary N) is 1. The van der Waals surface area contributed by atoms with E-state index in [1.807, 2.05) is 0 Å². The molecule has 114 valence electrons. The van der Waals surface area contributed by atoms with Crippen molar-refractivity contribution >= 4 is 12.4 Å². The molecule has 0 bridgehead atoms. The molecule has 1 saturated heterocycles. The molecule has 1 aliphatic heterocycles. The molecule has 0 radical (unpaired) electrons. The lowest BCUT2D eigenvalue weighted by Gasteiger charge is -2.33. The fourth-order valence-corrected chi connectivity index (χ4v) is 2.15. The minimum atomic E-state index is -4.63. The highest BCUT2D eigenvalue weighted by atomic mass is 35.5. The molecule has 1 aromatic rings. The van der Waals surface area contributed by atoms with Crippen molar-refractivity contribution in [3.05, 3.63) is 29.8 Å². The van der Waals surface area contributed by atoms with E-state index in [0.717, 1.165) is 31.7 Å². The number of ether oxygens (including phenoxy) is 1. The van der Waals surface area contributed by atoms with Crippen LogP contribution in [0.5, 0.6) is 5.75 Å². The Morgan fingerprint density at radius 2 is 1.95 bits per heavy atom. The van der Waals surface area contributed by atoms with E-state index in [2.05, 4.69) is 21.9 Å². The maximum Gasteiger partial charge on any atom is 0.573 e. The summed E-state index contributed by atoms with van der Waals surface area (Å²) in [6.07, 6.45) is -4.63. The fourth-order valence-electron chi connectivity index (χ4n) is 2.15. The van der Waals surface area contributed by atoms with Crippen LogP contribution in [0.3, 0.4) is 0 Å². The average Bonchev–Trinajstić information content (AvgIpc) is 2.33. The molecule has 0 amide bonds. The quantitative estimate of drug-likeness (QED) is 0.929. The highest BCUT2D eigenvalue weighted by molar-refractivity contribution is 5.85. The lowest BCUT2D eigenvalue weighted by molar-refractivity contribution is -0.274. The summed E-state index contributed by atoms with van der Waals surface area (Å²) in [5.74, 6) is -0.176. The lowest BCUT2D eigenvalue weighted by Crippen LogP contribution is -2.49. The monoisotopic (exact) mass is 310 g/mol. The van der Waals surface area contributed by atoms with Gasteiger partial charge in [-0.15, -0.1) is 25.6 Å². The molecule has 1 aliphatic rings. The van der Waals surface area contributed by atoms with Gasteiger partial charge in [-0.2, -0.15) is 0 Å². The van der Waals surface area contributed by atoms with E-state index in [-0.39, 0.29) is 18.2 Å². The Balaban J connectivity index is 0.00000200. The van der Waals surface area contributed by atoms with Crippen molar-refractivity contribution in [1.82, 2.24) is 10.2 Å². The van der Waals surface area contributed by atoms with Crippen LogP contribution in [-0.4, -0.2) is 36.9 Å². The molecule has 0 spiro atoms. The first-order valence-electron chi connectivity index (χ1n) is 6.23. The van der Waals surface area contributed by atoms with E-state index in [4.69, 9.17) is 0 Å². The number of rotatable bonds is 3. The number of hydrogen-bond donors (Lipinski definition) is 1. The Kier molecular flexibility index (Phi) is 6.10. The molecule has 20 heavy (non-hydrogen) atoms. The van der Waals surface area contributed by atoms with Crippen LogP contribution in [0, 0.1) is 0 Å². The van der Waals surface area contributed by atoms with Gasteiger partial charge in [-0.05, 0) is 24.6 Å². The Hall–Kier alpha value is -0.980. The van der Waals surface area contributed by atoms with Crippen molar-refractivity contribution in [2.75, 3.05) is 19.6 Å². The van der Waals surface area contributed by atoms with Gasteiger partial charge in [0.25, 0.3) is 0 Å². The minimum absolute atomic E-state index is 0. The molecule has 1 N–H and O–H groups in total. The van der Waals surface area contributed by atoms with Gasteiger partial charge in [0, 0.05) is 32.2 Å². The van der Waals surface area contributed by atoms with Crippen molar-refractivity contribution in [3.63, 3.8) is 0 Å². The zero-order valence-corrected chi connectivity index (χ0v) is 11.9. The first kappa shape index (κ1) is 17.1. The predicted octanol–water partition coefficient (Wildman–Crippen LogP) is 2.80. The van der Waals surface area contributed by atoms with Crippen molar-refractivity contribution in [2.45, 2.75) is 25.9 Å². The summed E-state index contributed by atoms with van der Waals surface area (Å²) in [5.41, 5.74) is 0.989. The molecule has 0 saturated carbocycles. The zero-order valence-electron chi connectivity index (χ0n) is 11.1. The summed E-state index contributed by atoms with van der Waals surface area (Å²) in [6.45, 7) is 5.71. The second-order valence-corrected chi connectivity index (χ2v) is 4.72. The first-order valence-corrected chi connectivity index (χ1v) is 6.23. The van der Waals surface area contributed by atoms with Gasteiger partial charge < -0.3 is 10.1 Å². The van der Waals surface area contributed by atoms with Gasteiger partial charge in [-0.25, -0.2) is 0 Å². The van der Waals surface area contributed by atoms with Gasteiger partial charge in [-0.3, -0.25) is 4.90 Å². The molecule has 0 unspecified atom stereocenters. The van der Waals surface area contributed by atoms with Crippen molar-refractivity contribution in [1.29, 1.82) is 0 Å². The summed E-state index contributed by atoms with van der Waals surface area (Å²) in [4.78, 5) is 2.30. The van der Waals surface area contributed by atoms with E-state index in [9.17, 15) is 13.2 Å². The number of hydrogen-bond acceptors (Lipinski definition) is 3. The van der Waals surface area contributed by atoms with Gasteiger partial charge in [0.05, 0.1) is 0 Å². The van der Waals surface area contributed by atoms with Crippen molar-refractivity contribution < 1.29 is 17.9 Å². The number of piperazine rings is 1. The van der Waals surface area contributed by atoms with Crippen LogP contribution >= 0.6 is 12.4 Å². The van der Waals surface area contributed by atoms with Crippen LogP contribution in [0.2, 0.25) is 0 Å². The first-order chi connectivity index (χ1) is 8.94. The smallest absolute Gasteiger partial charge is 0.406 e. The molecular weight excluding hydrogens is 293 g/mol. The SMILES string of the molecule is C[C@@H]1CNCCN1Cc1ccc(OC(F)(F)F)cc1.Cl. The van der Waals surface area contributed by atoms with Crippen LogP contribution < -0.4 is 10.1 Å². The third-order valence-corrected chi connectivity index (χ3v) is 3.18. The average molecular weight is 311 g/mol. The third kappa shape index (κ3) is 5.19. The Bertz CT molecular complexity index is 411. The molecule has 0 aromatic heterocycles. The number of nitrogens with zero attached hydrogens (tertiary/aromatic N) is 1. The molecule has 3 nitrogen and oxygen atoms in total. The molecular formula is C13H18ClF3N2O. The molecule has 2 rings (SSSR count). The van der Waals surface area contributed by atoms with E-state index in [1.165, 1.54) is 12.1 Å². The molecule has 0 aliphatic carbocycles. The second kappa shape index (κ2) is 7.15. The van der Waals surface area contributed by atoms with Crippen LogP contribution in [0.15, 0.2) is 24.3 Å². The Morgan fingerprint density at radius 1 is 1.30 bits per heavy atom. The summed E-state index contributed by atoms with van der Waals surface area (Å²) >= 11 is 0. The molecule has 1 heterocycles. The number of alkyl halides is 3. The normalized spacial score (nSPS) is 20.3. The van der Waals surface area contributed by atoms with E-state index >= 15 is 0 Å². The van der Waals surface area contributed by atoms with Crippen molar-refractivity contribution in [3.8, 4) is 5.75 Å². The van der Waals surface area contributed by atoms with E-state index in [1.54, 1.807) is 12.1 Å². The second-order valence-electron chi connectivity index (χ2n) is 4.72. The van der Waals surface area contributed by atoms with Crippen LogP contribution in [-0.2, 0) is 6.54 Å². The maximum atomic E-state index is 12.0. The van der Waals surface area contributed by atoms with Crippen molar-refractivity contribution in [2.24, 2.45) is 0 Å². The highest BCUT2D eigenvalue weighted by Crippen LogP contribution is 2.23. The van der Waals surface area contributed by atoms with Gasteiger partial charge in [0.2, 0.25) is 0 Å². The van der Waals surface area contributed by atoms with Crippen LogP contribution in [0.4, 0.5) is 13.2 Å². The van der Waals surface area contributed by atoms with Crippen LogP contribution in [0.1, 0.15) is 12.5 Å². The standard InChI is InChI=1S/C13H17F3N2O.ClH/c1-10-8-17-6-7-18(10)9-11-2-4-12(5-3-11)19-13(14,15)16;/h2-5,10,17H,6-9H2,1H3;1H/t10-;/m1./s1. The van der Waals surface area contributed by atoms with Gasteiger partial charge in [0.15, 0.2) is 0 Å². The summed E-state index contributed by atoms with van der Waals surface area (Å²) < 4.78 is 39.9. The summed E-state index contributed by atoms with van der Waals surface area (Å²) in [7, 11) is 0. The van der Waals surface area contributed by atoms with E-state index in [0.29, 0.717) is 6.04 Å². The summed E-state index contributed by atoms with van der Waals surface area (Å²) in [5, 5.41) is 3.30. The van der Waals surface area contributed by atoms with E-state index < -0.39 is 6.36 Å². The number of halogens is 4. The fraction of sp³-hybridized carbons (Fsp3) is 0.538. The molecule has 1 aromatic carbocycles. The Morgan fingerprint density at radius 3 is 2.50 bits per heavy atom. The highest BCUT2D eigenvalue weighted by Gasteiger charge is 2.31.